The fraction of sp³-hybridized carbons (Fsp3) is 0. The van der Waals surface area contributed by atoms with Crippen molar-refractivity contribution in [2.75, 3.05) is 0 Å². The minimum atomic E-state index is 0.747. The molecule has 8 aromatic rings. The van der Waals surface area contributed by atoms with E-state index in [0.717, 1.165) is 38.5 Å². The van der Waals surface area contributed by atoms with Gasteiger partial charge in [0, 0.05) is 43.1 Å². The van der Waals surface area contributed by atoms with Crippen LogP contribution in [-0.4, -0.2) is 14.5 Å². The molecule has 0 bridgehead atoms. The van der Waals surface area contributed by atoms with Gasteiger partial charge in [-0.05, 0) is 42.5 Å². The second-order valence-electron chi connectivity index (χ2n) is 9.46. The molecule has 5 aromatic carbocycles. The summed E-state index contributed by atoms with van der Waals surface area (Å²) in [6, 6.07) is 44.8. The third-order valence-electron chi connectivity index (χ3n) is 7.25. The van der Waals surface area contributed by atoms with Crippen LogP contribution >= 0.6 is 11.3 Å². The Bertz CT molecular complexity index is 2070. The van der Waals surface area contributed by atoms with E-state index >= 15 is 0 Å². The molecule has 0 unspecified atom stereocenters. The van der Waals surface area contributed by atoms with Crippen LogP contribution in [0.4, 0.5) is 0 Å². The Morgan fingerprint density at radius 2 is 1.11 bits per heavy atom. The van der Waals surface area contributed by atoms with E-state index < -0.39 is 0 Å². The van der Waals surface area contributed by atoms with Gasteiger partial charge in [0.1, 0.15) is 4.83 Å². The average Bonchev–Trinajstić information content (AvgIpc) is 3.53. The summed E-state index contributed by atoms with van der Waals surface area (Å²) in [4.78, 5) is 11.2. The molecule has 0 fully saturated rings. The summed E-state index contributed by atoms with van der Waals surface area (Å²) in [7, 11) is 0. The van der Waals surface area contributed by atoms with E-state index in [1.54, 1.807) is 11.3 Å². The van der Waals surface area contributed by atoms with Crippen molar-refractivity contribution in [3.63, 3.8) is 0 Å². The van der Waals surface area contributed by atoms with Crippen molar-refractivity contribution in [1.29, 1.82) is 0 Å². The van der Waals surface area contributed by atoms with Crippen LogP contribution in [0.5, 0.6) is 0 Å². The molecule has 0 radical (unpaired) electrons. The molecule has 4 heteroatoms. The Balaban J connectivity index is 1.32. The number of rotatable bonds is 3. The van der Waals surface area contributed by atoms with Crippen molar-refractivity contribution in [1.82, 2.24) is 14.5 Å². The largest absolute Gasteiger partial charge is 0.309 e. The van der Waals surface area contributed by atoms with Gasteiger partial charge in [-0.2, -0.15) is 0 Å². The molecular weight excluding hydrogens is 482 g/mol. The number of thiophene rings is 1. The molecular formula is C34H21N3S. The molecule has 0 saturated heterocycles. The highest BCUT2D eigenvalue weighted by Crippen LogP contribution is 2.39. The maximum absolute atomic E-state index is 5.14. The van der Waals surface area contributed by atoms with Crippen LogP contribution in [0.15, 0.2) is 127 Å². The minimum Gasteiger partial charge on any atom is -0.309 e. The average molecular weight is 504 g/mol. The quantitative estimate of drug-likeness (QED) is 0.240. The third kappa shape index (κ3) is 3.21. The van der Waals surface area contributed by atoms with Crippen molar-refractivity contribution in [3.8, 4) is 28.3 Å². The number of fused-ring (bicyclic) bond motifs is 6. The van der Waals surface area contributed by atoms with Crippen molar-refractivity contribution < 1.29 is 0 Å². The summed E-state index contributed by atoms with van der Waals surface area (Å²) in [5, 5.41) is 4.86. The third-order valence-corrected chi connectivity index (χ3v) is 8.31. The van der Waals surface area contributed by atoms with Crippen molar-refractivity contribution in [3.05, 3.63) is 127 Å². The maximum Gasteiger partial charge on any atom is 0.161 e. The van der Waals surface area contributed by atoms with Gasteiger partial charge in [-0.15, -0.1) is 11.3 Å². The zero-order valence-corrected chi connectivity index (χ0v) is 21.2. The topological polar surface area (TPSA) is 30.7 Å². The maximum atomic E-state index is 5.14. The SMILES string of the molecule is c1ccc(-c2nc(-c3ccc(-n4c5ccccc5c5ccccc54)cc3)nc3sc4ccccc4c23)cc1. The predicted molar refractivity (Wildman–Crippen MR) is 160 cm³/mol. The van der Waals surface area contributed by atoms with Gasteiger partial charge in [-0.25, -0.2) is 9.97 Å². The van der Waals surface area contributed by atoms with Crippen LogP contribution in [0, 0.1) is 0 Å². The molecule has 3 heterocycles. The minimum absolute atomic E-state index is 0.747. The first-order valence-electron chi connectivity index (χ1n) is 12.7. The van der Waals surface area contributed by atoms with Gasteiger partial charge < -0.3 is 4.57 Å². The highest BCUT2D eigenvalue weighted by Gasteiger charge is 2.17. The van der Waals surface area contributed by atoms with E-state index in [9.17, 15) is 0 Å². The van der Waals surface area contributed by atoms with Gasteiger partial charge in [-0.1, -0.05) is 84.9 Å². The lowest BCUT2D eigenvalue weighted by Gasteiger charge is -2.10. The molecule has 0 spiro atoms. The summed E-state index contributed by atoms with van der Waals surface area (Å²) in [6.07, 6.45) is 0. The molecule has 38 heavy (non-hydrogen) atoms. The van der Waals surface area contributed by atoms with Gasteiger partial charge in [0.25, 0.3) is 0 Å². The Morgan fingerprint density at radius 1 is 0.500 bits per heavy atom. The molecule has 0 amide bonds. The van der Waals surface area contributed by atoms with Gasteiger partial charge in [0.05, 0.1) is 16.7 Å². The molecule has 0 saturated carbocycles. The highest BCUT2D eigenvalue weighted by atomic mass is 32.1. The van der Waals surface area contributed by atoms with E-state index in [1.165, 1.54) is 31.9 Å². The first kappa shape index (κ1) is 21.3. The van der Waals surface area contributed by atoms with Crippen LogP contribution in [0.3, 0.4) is 0 Å². The molecule has 0 atom stereocenters. The standard InChI is InChI=1S/C34H21N3S/c1-2-10-22(11-3-1)32-31-27-14-6-9-17-30(27)38-34(31)36-33(35-32)23-18-20-24(21-19-23)37-28-15-7-4-12-25(28)26-13-5-8-16-29(26)37/h1-21H. The van der Waals surface area contributed by atoms with E-state index in [1.807, 2.05) is 6.07 Å². The van der Waals surface area contributed by atoms with Crippen molar-refractivity contribution in [2.45, 2.75) is 0 Å². The number of aromatic nitrogens is 3. The molecule has 0 N–H and O–H groups in total. The fourth-order valence-electron chi connectivity index (χ4n) is 5.52. The number of hydrogen-bond donors (Lipinski definition) is 0. The van der Waals surface area contributed by atoms with E-state index in [2.05, 4.69) is 126 Å². The second-order valence-corrected chi connectivity index (χ2v) is 10.5. The van der Waals surface area contributed by atoms with Gasteiger partial charge in [0.2, 0.25) is 0 Å². The first-order valence-corrected chi connectivity index (χ1v) is 13.5. The van der Waals surface area contributed by atoms with Gasteiger partial charge in [0.15, 0.2) is 5.82 Å². The molecule has 178 valence electrons. The Morgan fingerprint density at radius 3 is 1.82 bits per heavy atom. The summed E-state index contributed by atoms with van der Waals surface area (Å²) in [6.45, 7) is 0. The van der Waals surface area contributed by atoms with Crippen LogP contribution in [0.25, 0.3) is 70.4 Å². The highest BCUT2D eigenvalue weighted by molar-refractivity contribution is 7.25. The van der Waals surface area contributed by atoms with Gasteiger partial charge in [-0.3, -0.25) is 0 Å². The van der Waals surface area contributed by atoms with Crippen molar-refractivity contribution >= 4 is 53.4 Å². The molecule has 3 nitrogen and oxygen atoms in total. The number of hydrogen-bond acceptors (Lipinski definition) is 3. The Hall–Kier alpha value is -4.80. The molecule has 8 rings (SSSR count). The van der Waals surface area contributed by atoms with Crippen LogP contribution in [0.2, 0.25) is 0 Å². The zero-order valence-electron chi connectivity index (χ0n) is 20.4. The Kier molecular flexibility index (Phi) is 4.69. The molecule has 0 aliphatic carbocycles. The lowest BCUT2D eigenvalue weighted by atomic mass is 10.1. The second kappa shape index (κ2) is 8.37. The summed E-state index contributed by atoms with van der Waals surface area (Å²) in [5.74, 6) is 0.747. The number of benzene rings is 5. The van der Waals surface area contributed by atoms with Crippen LogP contribution in [-0.2, 0) is 0 Å². The molecule has 0 aliphatic rings. The summed E-state index contributed by atoms with van der Waals surface area (Å²) < 4.78 is 3.56. The fourth-order valence-corrected chi connectivity index (χ4v) is 6.59. The van der Waals surface area contributed by atoms with Crippen molar-refractivity contribution in [2.24, 2.45) is 0 Å². The first-order chi connectivity index (χ1) is 18.8. The van der Waals surface area contributed by atoms with Gasteiger partial charge >= 0.3 is 0 Å². The molecule has 0 aliphatic heterocycles. The predicted octanol–water partition coefficient (Wildman–Crippen LogP) is 9.28. The summed E-state index contributed by atoms with van der Waals surface area (Å²) in [5.41, 5.74) is 6.62. The Labute approximate surface area is 223 Å². The monoisotopic (exact) mass is 503 g/mol. The van der Waals surface area contributed by atoms with E-state index in [0.29, 0.717) is 0 Å². The van der Waals surface area contributed by atoms with Crippen LogP contribution < -0.4 is 0 Å². The zero-order chi connectivity index (χ0) is 25.1. The van der Waals surface area contributed by atoms with E-state index in [4.69, 9.17) is 9.97 Å². The summed E-state index contributed by atoms with van der Waals surface area (Å²) >= 11 is 1.73. The normalized spacial score (nSPS) is 11.7. The number of nitrogens with zero attached hydrogens (tertiary/aromatic N) is 3. The van der Waals surface area contributed by atoms with Crippen LogP contribution in [0.1, 0.15) is 0 Å². The molecule has 3 aromatic heterocycles. The smallest absolute Gasteiger partial charge is 0.161 e. The lowest BCUT2D eigenvalue weighted by Crippen LogP contribution is -1.96. The lowest BCUT2D eigenvalue weighted by molar-refractivity contribution is 1.17. The number of para-hydroxylation sites is 2. The van der Waals surface area contributed by atoms with E-state index in [-0.39, 0.29) is 0 Å².